The van der Waals surface area contributed by atoms with E-state index < -0.39 is 0 Å². The minimum Gasteiger partial charge on any atom is -0.351 e. The van der Waals surface area contributed by atoms with E-state index in [4.69, 9.17) is 0 Å². The summed E-state index contributed by atoms with van der Waals surface area (Å²) in [6, 6.07) is 0. The Kier molecular flexibility index (Phi) is 3.58. The maximum absolute atomic E-state index is 3.81. The second kappa shape index (κ2) is 4.12. The molecule has 0 saturated heterocycles. The van der Waals surface area contributed by atoms with Crippen LogP contribution in [0.1, 0.15) is 6.92 Å². The third-order valence-corrected chi connectivity index (χ3v) is 0.596. The van der Waals surface area contributed by atoms with Crippen LogP contribution in [-0.4, -0.2) is 5.84 Å². The van der Waals surface area contributed by atoms with E-state index in [2.05, 4.69) is 23.5 Å². The van der Waals surface area contributed by atoms with Crippen molar-refractivity contribution in [2.75, 3.05) is 0 Å². The van der Waals surface area contributed by atoms with Gasteiger partial charge in [-0.2, -0.15) is 0 Å². The minimum atomic E-state index is 0.801. The molecule has 0 radical (unpaired) electrons. The Hall–Kier alpha value is -1.05. The first-order valence-corrected chi connectivity index (χ1v) is 2.34. The predicted molar refractivity (Wildman–Crippen MR) is 36.6 cm³/mol. The summed E-state index contributed by atoms with van der Waals surface area (Å²) in [4.78, 5) is 3.81. The summed E-state index contributed by atoms with van der Waals surface area (Å²) in [6.07, 6.45) is 3.05. The fourth-order valence-electron chi connectivity index (χ4n) is 0.322. The van der Waals surface area contributed by atoms with Crippen molar-refractivity contribution in [2.24, 2.45) is 4.99 Å². The molecule has 8 heavy (non-hydrogen) atoms. The van der Waals surface area contributed by atoms with E-state index >= 15 is 0 Å². The monoisotopic (exact) mass is 110 g/mol. The van der Waals surface area contributed by atoms with Gasteiger partial charge in [0.1, 0.15) is 5.84 Å². The number of amidine groups is 1. The lowest BCUT2D eigenvalue weighted by molar-refractivity contribution is 1.24. The number of nitrogens with zero attached hydrogens (tertiary/aromatic N) is 1. The quantitative estimate of drug-likeness (QED) is 0.420. The number of aliphatic imine (C=N–C) groups is 1. The van der Waals surface area contributed by atoms with Crippen LogP contribution in [0.15, 0.2) is 30.6 Å². The second-order valence-electron chi connectivity index (χ2n) is 1.25. The van der Waals surface area contributed by atoms with Crippen LogP contribution in [-0.2, 0) is 0 Å². The van der Waals surface area contributed by atoms with Gasteiger partial charge in [0.2, 0.25) is 0 Å². The first kappa shape index (κ1) is 6.95. The van der Waals surface area contributed by atoms with Crippen LogP contribution in [0.4, 0.5) is 0 Å². The molecule has 0 aliphatic carbocycles. The molecule has 0 atom stereocenters. The molecule has 1 N–H and O–H groups in total. The Labute approximate surface area is 49.6 Å². The van der Waals surface area contributed by atoms with E-state index in [9.17, 15) is 0 Å². The van der Waals surface area contributed by atoms with Gasteiger partial charge in [-0.1, -0.05) is 13.2 Å². The SMILES string of the molecule is C=C/N=C(/C)NC=C. The zero-order valence-corrected chi connectivity index (χ0v) is 5.02. The number of hydrogen-bond donors (Lipinski definition) is 1. The zero-order chi connectivity index (χ0) is 6.41. The van der Waals surface area contributed by atoms with Gasteiger partial charge in [-0.25, -0.2) is 4.99 Å². The van der Waals surface area contributed by atoms with Crippen molar-refractivity contribution in [3.8, 4) is 0 Å². The second-order valence-corrected chi connectivity index (χ2v) is 1.25. The molecule has 0 unspecified atom stereocenters. The summed E-state index contributed by atoms with van der Waals surface area (Å²) in [6.45, 7) is 8.71. The molecule has 0 fully saturated rings. The number of nitrogens with one attached hydrogen (secondary N) is 1. The average Bonchev–Trinajstić information content (AvgIpc) is 1.68. The third kappa shape index (κ3) is 3.15. The van der Waals surface area contributed by atoms with Crippen molar-refractivity contribution in [1.82, 2.24) is 5.32 Å². The summed E-state index contributed by atoms with van der Waals surface area (Å²) in [7, 11) is 0. The van der Waals surface area contributed by atoms with Crippen LogP contribution in [0.5, 0.6) is 0 Å². The van der Waals surface area contributed by atoms with E-state index in [0.29, 0.717) is 0 Å². The Balaban J connectivity index is 3.60. The molecule has 0 bridgehead atoms. The van der Waals surface area contributed by atoms with E-state index in [1.807, 2.05) is 6.92 Å². The molecular formula is C6H10N2. The fourth-order valence-corrected chi connectivity index (χ4v) is 0.322. The standard InChI is InChI=1S/C6H10N2/c1-4-7-6(3)8-5-2/h4-5H,1-2H2,3H3,(H,7,8). The highest BCUT2D eigenvalue weighted by atomic mass is 14.9. The molecule has 0 saturated carbocycles. The molecule has 0 rings (SSSR count). The highest BCUT2D eigenvalue weighted by molar-refractivity contribution is 5.80. The Morgan fingerprint density at radius 2 is 2.25 bits per heavy atom. The van der Waals surface area contributed by atoms with E-state index in [1.54, 1.807) is 6.20 Å². The van der Waals surface area contributed by atoms with Crippen molar-refractivity contribution in [2.45, 2.75) is 6.92 Å². The largest absolute Gasteiger partial charge is 0.351 e. The lowest BCUT2D eigenvalue weighted by Gasteiger charge is -1.92. The molecule has 0 aliphatic rings. The molecule has 2 heteroatoms. The van der Waals surface area contributed by atoms with Gasteiger partial charge in [-0.15, -0.1) is 0 Å². The van der Waals surface area contributed by atoms with E-state index in [-0.39, 0.29) is 0 Å². The Bertz CT molecular complexity index is 114. The maximum atomic E-state index is 3.81. The summed E-state index contributed by atoms with van der Waals surface area (Å²) in [5.41, 5.74) is 0. The Morgan fingerprint density at radius 3 is 2.62 bits per heavy atom. The lowest BCUT2D eigenvalue weighted by atomic mass is 10.6. The van der Waals surface area contributed by atoms with Gasteiger partial charge in [0.25, 0.3) is 0 Å². The van der Waals surface area contributed by atoms with Crippen molar-refractivity contribution in [1.29, 1.82) is 0 Å². The van der Waals surface area contributed by atoms with Crippen molar-refractivity contribution in [3.63, 3.8) is 0 Å². The fraction of sp³-hybridized carbons (Fsp3) is 0.167. The minimum absolute atomic E-state index is 0.801. The van der Waals surface area contributed by atoms with E-state index in [1.165, 1.54) is 6.20 Å². The van der Waals surface area contributed by atoms with Gasteiger partial charge in [0, 0.05) is 6.20 Å². The first-order valence-electron chi connectivity index (χ1n) is 2.34. The van der Waals surface area contributed by atoms with Crippen LogP contribution >= 0.6 is 0 Å². The number of hydrogen-bond acceptors (Lipinski definition) is 1. The smallest absolute Gasteiger partial charge is 0.102 e. The van der Waals surface area contributed by atoms with Crippen LogP contribution in [0, 0.1) is 0 Å². The molecule has 0 amide bonds. The van der Waals surface area contributed by atoms with Crippen LogP contribution in [0.25, 0.3) is 0 Å². The van der Waals surface area contributed by atoms with Gasteiger partial charge in [0.05, 0.1) is 0 Å². The normalized spacial score (nSPS) is 10.4. The summed E-state index contributed by atoms with van der Waals surface area (Å²) in [5, 5.41) is 2.79. The molecule has 0 aromatic heterocycles. The summed E-state index contributed by atoms with van der Waals surface area (Å²) < 4.78 is 0. The maximum Gasteiger partial charge on any atom is 0.102 e. The topological polar surface area (TPSA) is 24.4 Å². The summed E-state index contributed by atoms with van der Waals surface area (Å²) in [5.74, 6) is 0.801. The predicted octanol–water partition coefficient (Wildman–Crippen LogP) is 1.28. The summed E-state index contributed by atoms with van der Waals surface area (Å²) >= 11 is 0. The van der Waals surface area contributed by atoms with Crippen LogP contribution in [0.2, 0.25) is 0 Å². The zero-order valence-electron chi connectivity index (χ0n) is 5.02. The van der Waals surface area contributed by atoms with Crippen molar-refractivity contribution in [3.05, 3.63) is 25.6 Å². The van der Waals surface area contributed by atoms with Gasteiger partial charge < -0.3 is 5.32 Å². The van der Waals surface area contributed by atoms with Crippen LogP contribution < -0.4 is 5.32 Å². The van der Waals surface area contributed by atoms with Crippen molar-refractivity contribution < 1.29 is 0 Å². The first-order chi connectivity index (χ1) is 3.81. The number of rotatable bonds is 2. The third-order valence-electron chi connectivity index (χ3n) is 0.596. The van der Waals surface area contributed by atoms with Gasteiger partial charge >= 0.3 is 0 Å². The molecule has 0 heterocycles. The molecule has 0 aliphatic heterocycles. The molecule has 0 spiro atoms. The van der Waals surface area contributed by atoms with Gasteiger partial charge in [0.15, 0.2) is 0 Å². The van der Waals surface area contributed by atoms with Crippen LogP contribution in [0.3, 0.4) is 0 Å². The molecule has 0 aromatic rings. The van der Waals surface area contributed by atoms with Gasteiger partial charge in [-0.3, -0.25) is 0 Å². The van der Waals surface area contributed by atoms with Crippen molar-refractivity contribution >= 4 is 5.84 Å². The highest BCUT2D eigenvalue weighted by Crippen LogP contribution is 1.71. The molecule has 44 valence electrons. The Morgan fingerprint density at radius 1 is 1.62 bits per heavy atom. The molecule has 0 aromatic carbocycles. The molecule has 2 nitrogen and oxygen atoms in total. The average molecular weight is 110 g/mol. The van der Waals surface area contributed by atoms with E-state index in [0.717, 1.165) is 5.84 Å². The van der Waals surface area contributed by atoms with Gasteiger partial charge in [-0.05, 0) is 13.1 Å². The lowest BCUT2D eigenvalue weighted by Crippen LogP contribution is -2.10. The highest BCUT2D eigenvalue weighted by Gasteiger charge is 1.76. The molecular weight excluding hydrogens is 100 g/mol.